The molecular formula is C53H36N2OS. The highest BCUT2D eigenvalue weighted by Crippen LogP contribution is 2.42. The van der Waals surface area contributed by atoms with Crippen molar-refractivity contribution >= 4 is 97.3 Å². The number of fused-ring (bicyclic) bond motifs is 12. The lowest BCUT2D eigenvalue weighted by Gasteiger charge is -2.15. The van der Waals surface area contributed by atoms with Crippen LogP contribution in [-0.4, -0.2) is 11.5 Å². The summed E-state index contributed by atoms with van der Waals surface area (Å²) in [5.74, 6) is 0.678. The first-order valence-electron chi connectivity index (χ1n) is 19.5. The fourth-order valence-electron chi connectivity index (χ4n) is 8.70. The molecule has 0 aliphatic heterocycles. The molecule has 270 valence electrons. The van der Waals surface area contributed by atoms with Crippen LogP contribution in [-0.2, 0) is 0 Å². The Morgan fingerprint density at radius 3 is 1.88 bits per heavy atom. The first kappa shape index (κ1) is 33.5. The van der Waals surface area contributed by atoms with Gasteiger partial charge in [0.15, 0.2) is 5.84 Å². The Labute approximate surface area is 333 Å². The van der Waals surface area contributed by atoms with Gasteiger partial charge in [0.05, 0.1) is 6.04 Å². The van der Waals surface area contributed by atoms with Crippen LogP contribution in [0.15, 0.2) is 190 Å². The molecule has 0 aliphatic carbocycles. The van der Waals surface area contributed by atoms with Gasteiger partial charge in [-0.05, 0) is 98.8 Å². The molecular weight excluding hydrogens is 713 g/mol. The normalized spacial score (nSPS) is 13.2. The molecule has 11 rings (SSSR count). The van der Waals surface area contributed by atoms with Gasteiger partial charge in [0.25, 0.3) is 0 Å². The molecule has 0 saturated carbocycles. The third-order valence-electron chi connectivity index (χ3n) is 11.5. The number of aliphatic imine (C=N–C) groups is 2. The molecule has 2 heterocycles. The summed E-state index contributed by atoms with van der Waals surface area (Å²) in [5, 5.41) is 12.1. The summed E-state index contributed by atoms with van der Waals surface area (Å²) in [6.07, 6.45) is 0. The average molecular weight is 749 g/mol. The number of thiophene rings is 1. The second-order valence-corrected chi connectivity index (χ2v) is 15.9. The summed E-state index contributed by atoms with van der Waals surface area (Å²) < 4.78 is 9.24. The zero-order valence-corrected chi connectivity index (χ0v) is 32.3. The average Bonchev–Trinajstić information content (AvgIpc) is 3.85. The number of hydrogen-bond acceptors (Lipinski definition) is 3. The zero-order valence-electron chi connectivity index (χ0n) is 31.5. The second-order valence-electron chi connectivity index (χ2n) is 14.9. The lowest BCUT2D eigenvalue weighted by Crippen LogP contribution is -2.07. The number of rotatable bonds is 5. The van der Waals surface area contributed by atoms with E-state index in [2.05, 4.69) is 172 Å². The van der Waals surface area contributed by atoms with E-state index in [1.807, 2.05) is 29.5 Å². The highest BCUT2D eigenvalue weighted by atomic mass is 32.1. The van der Waals surface area contributed by atoms with Crippen LogP contribution >= 0.6 is 11.3 Å². The lowest BCUT2D eigenvalue weighted by molar-refractivity contribution is 0.669. The maximum Gasteiger partial charge on any atom is 0.156 e. The topological polar surface area (TPSA) is 37.9 Å². The molecule has 0 amide bonds. The van der Waals surface area contributed by atoms with Gasteiger partial charge in [-0.25, -0.2) is 4.99 Å². The summed E-state index contributed by atoms with van der Waals surface area (Å²) in [5.41, 5.74) is 7.91. The van der Waals surface area contributed by atoms with Crippen molar-refractivity contribution in [1.82, 2.24) is 0 Å². The fraction of sp³-hybridized carbons (Fsp3) is 0.0566. The molecule has 0 aliphatic rings. The predicted octanol–water partition coefficient (Wildman–Crippen LogP) is 15.1. The first-order chi connectivity index (χ1) is 28.1. The molecule has 0 spiro atoms. The van der Waals surface area contributed by atoms with Crippen LogP contribution in [0.1, 0.15) is 36.6 Å². The largest absolute Gasteiger partial charge is 0.456 e. The van der Waals surface area contributed by atoms with Crippen molar-refractivity contribution in [2.24, 2.45) is 9.98 Å². The van der Waals surface area contributed by atoms with Crippen LogP contribution < -0.4 is 0 Å². The molecule has 0 radical (unpaired) electrons. The number of furan rings is 1. The molecule has 57 heavy (non-hydrogen) atoms. The molecule has 2 aromatic heterocycles. The van der Waals surface area contributed by atoms with Crippen LogP contribution in [0.25, 0.3) is 85.6 Å². The van der Waals surface area contributed by atoms with Gasteiger partial charge in [-0.3, -0.25) is 4.99 Å². The van der Waals surface area contributed by atoms with E-state index in [4.69, 9.17) is 14.4 Å². The highest BCUT2D eigenvalue weighted by molar-refractivity contribution is 7.26. The Bertz CT molecular complexity index is 3410. The van der Waals surface area contributed by atoms with E-state index in [-0.39, 0.29) is 6.04 Å². The van der Waals surface area contributed by atoms with Crippen molar-refractivity contribution in [2.75, 3.05) is 0 Å². The van der Waals surface area contributed by atoms with Crippen LogP contribution in [0.3, 0.4) is 0 Å². The van der Waals surface area contributed by atoms with Crippen molar-refractivity contribution in [3.8, 4) is 11.1 Å². The van der Waals surface area contributed by atoms with Crippen LogP contribution in [0, 0.1) is 0 Å². The van der Waals surface area contributed by atoms with Crippen LogP contribution in [0.5, 0.6) is 0 Å². The van der Waals surface area contributed by atoms with Gasteiger partial charge in [0, 0.05) is 42.2 Å². The Morgan fingerprint density at radius 1 is 0.509 bits per heavy atom. The van der Waals surface area contributed by atoms with E-state index in [1.54, 1.807) is 0 Å². The summed E-state index contributed by atoms with van der Waals surface area (Å²) in [4.78, 5) is 11.0. The minimum absolute atomic E-state index is 0.179. The maximum atomic E-state index is 6.69. The molecule has 1 atom stereocenters. The van der Waals surface area contributed by atoms with Crippen molar-refractivity contribution in [2.45, 2.75) is 19.9 Å². The molecule has 0 fully saturated rings. The van der Waals surface area contributed by atoms with Gasteiger partial charge in [-0.2, -0.15) is 0 Å². The third-order valence-corrected chi connectivity index (χ3v) is 12.7. The van der Waals surface area contributed by atoms with Gasteiger partial charge in [-0.1, -0.05) is 146 Å². The van der Waals surface area contributed by atoms with Gasteiger partial charge in [0.1, 0.15) is 11.2 Å². The van der Waals surface area contributed by atoms with E-state index in [1.165, 1.54) is 58.1 Å². The van der Waals surface area contributed by atoms with E-state index in [9.17, 15) is 0 Å². The SMILES string of the molecule is CC(=NC(=NC(C)c1cccc2c1sc1ccccc12)c1cc(-c2ccc3c4ccccc4c4ccccc4c3c2)cc2oc3ccccc3c12)c1ccccc1. The van der Waals surface area contributed by atoms with Gasteiger partial charge >= 0.3 is 0 Å². The molecule has 9 aromatic carbocycles. The molecule has 4 heteroatoms. The Balaban J connectivity index is 1.17. The zero-order chi connectivity index (χ0) is 38.0. The second kappa shape index (κ2) is 13.4. The van der Waals surface area contributed by atoms with E-state index in [0.717, 1.165) is 49.9 Å². The summed E-state index contributed by atoms with van der Waals surface area (Å²) in [7, 11) is 0. The predicted molar refractivity (Wildman–Crippen MR) is 245 cm³/mol. The Hall–Kier alpha value is -6.88. The summed E-state index contributed by atoms with van der Waals surface area (Å²) in [6, 6.07) is 62.6. The minimum atomic E-state index is -0.179. The molecule has 11 aromatic rings. The summed E-state index contributed by atoms with van der Waals surface area (Å²) in [6.45, 7) is 4.27. The van der Waals surface area contributed by atoms with Crippen molar-refractivity contribution < 1.29 is 4.42 Å². The molecule has 1 unspecified atom stereocenters. The molecule has 0 saturated heterocycles. The molecule has 3 nitrogen and oxygen atoms in total. The quantitative estimate of drug-likeness (QED) is 0.0981. The van der Waals surface area contributed by atoms with E-state index >= 15 is 0 Å². The smallest absolute Gasteiger partial charge is 0.156 e. The lowest BCUT2D eigenvalue weighted by atomic mass is 9.91. The van der Waals surface area contributed by atoms with Crippen molar-refractivity contribution in [3.05, 3.63) is 193 Å². The standard InChI is InChI=1S/C53H36N2OS/c1-32(34-15-4-3-5-16-34)54-53(55-33(2)37-23-14-24-44-43-21-11-13-26-50(43)57-52(37)44)47-30-36(31-49-51(47)45-22-10-12-25-48(45)56-49)35-27-28-42-40-19-7-6-17-38(40)39-18-8-9-20-41(39)46(42)29-35/h3-31,33H,1-2H3. The first-order valence-corrected chi connectivity index (χ1v) is 20.3. The van der Waals surface area contributed by atoms with Crippen LogP contribution in [0.4, 0.5) is 0 Å². The number of nitrogens with zero attached hydrogens (tertiary/aromatic N) is 2. The third kappa shape index (κ3) is 5.55. The van der Waals surface area contributed by atoms with Crippen molar-refractivity contribution in [3.63, 3.8) is 0 Å². The molecule has 0 bridgehead atoms. The Kier molecular flexibility index (Phi) is 7.87. The van der Waals surface area contributed by atoms with Gasteiger partial charge < -0.3 is 4.42 Å². The summed E-state index contributed by atoms with van der Waals surface area (Å²) >= 11 is 1.84. The number of benzene rings is 9. The fourth-order valence-corrected chi connectivity index (χ4v) is 10.00. The van der Waals surface area contributed by atoms with E-state index in [0.29, 0.717) is 5.84 Å². The molecule has 0 N–H and O–H groups in total. The maximum absolute atomic E-state index is 6.69. The van der Waals surface area contributed by atoms with E-state index < -0.39 is 0 Å². The highest BCUT2D eigenvalue weighted by Gasteiger charge is 2.21. The van der Waals surface area contributed by atoms with Crippen molar-refractivity contribution in [1.29, 1.82) is 0 Å². The number of hydrogen-bond donors (Lipinski definition) is 0. The van der Waals surface area contributed by atoms with Gasteiger partial charge in [0.2, 0.25) is 0 Å². The van der Waals surface area contributed by atoms with Crippen LogP contribution in [0.2, 0.25) is 0 Å². The number of para-hydroxylation sites is 1. The van der Waals surface area contributed by atoms with Gasteiger partial charge in [-0.15, -0.1) is 11.3 Å². The number of amidine groups is 1. The Morgan fingerprint density at radius 2 is 1.12 bits per heavy atom. The monoisotopic (exact) mass is 748 g/mol. The minimum Gasteiger partial charge on any atom is -0.456 e.